The van der Waals surface area contributed by atoms with Crippen molar-refractivity contribution in [3.63, 3.8) is 0 Å². The molecule has 2 fully saturated rings. The van der Waals surface area contributed by atoms with Gasteiger partial charge < -0.3 is 15.0 Å². The molecule has 110 valence electrons. The zero-order valence-corrected chi connectivity index (χ0v) is 12.6. The lowest BCUT2D eigenvalue weighted by Gasteiger charge is -2.43. The van der Waals surface area contributed by atoms with Gasteiger partial charge in [0, 0.05) is 38.3 Å². The van der Waals surface area contributed by atoms with E-state index in [0.717, 1.165) is 32.7 Å². The van der Waals surface area contributed by atoms with Crippen LogP contribution in [0.15, 0.2) is 0 Å². The number of hydrogen-bond donors (Lipinski definition) is 1. The van der Waals surface area contributed by atoms with E-state index in [2.05, 4.69) is 17.1 Å². The van der Waals surface area contributed by atoms with Crippen molar-refractivity contribution in [2.75, 3.05) is 32.7 Å². The van der Waals surface area contributed by atoms with Crippen molar-refractivity contribution in [3.05, 3.63) is 0 Å². The number of ether oxygens (including phenoxy) is 1. The van der Waals surface area contributed by atoms with E-state index in [1.807, 2.05) is 25.7 Å². The molecule has 19 heavy (non-hydrogen) atoms. The summed E-state index contributed by atoms with van der Waals surface area (Å²) in [5.74, 6) is 0. The van der Waals surface area contributed by atoms with E-state index in [0.29, 0.717) is 12.1 Å². The fourth-order valence-corrected chi connectivity index (χ4v) is 2.55. The molecule has 0 aliphatic carbocycles. The number of piperazine rings is 1. The summed E-state index contributed by atoms with van der Waals surface area (Å²) in [6.07, 6.45) is 1.10. The summed E-state index contributed by atoms with van der Waals surface area (Å²) in [6, 6.07) is 1.05. The predicted molar refractivity (Wildman–Crippen MR) is 75.2 cm³/mol. The van der Waals surface area contributed by atoms with Crippen LogP contribution in [0.3, 0.4) is 0 Å². The number of hydrogen-bond acceptors (Lipinski definition) is 4. The normalized spacial score (nSPS) is 28.9. The number of amides is 1. The second kappa shape index (κ2) is 5.67. The summed E-state index contributed by atoms with van der Waals surface area (Å²) in [4.78, 5) is 16.3. The van der Waals surface area contributed by atoms with Gasteiger partial charge >= 0.3 is 6.09 Å². The van der Waals surface area contributed by atoms with Crippen LogP contribution in [0.25, 0.3) is 0 Å². The zero-order chi connectivity index (χ0) is 14.0. The topological polar surface area (TPSA) is 44.8 Å². The van der Waals surface area contributed by atoms with Crippen molar-refractivity contribution in [2.45, 2.75) is 51.8 Å². The molecule has 2 heterocycles. The number of carbonyl (C=O) groups excluding carboxylic acids is 1. The van der Waals surface area contributed by atoms with Crippen LogP contribution in [0.4, 0.5) is 4.79 Å². The average Bonchev–Trinajstić information content (AvgIpc) is 2.22. The first-order chi connectivity index (χ1) is 8.85. The molecule has 0 aromatic carbocycles. The highest BCUT2D eigenvalue weighted by Crippen LogP contribution is 2.16. The number of nitrogens with zero attached hydrogens (tertiary/aromatic N) is 2. The summed E-state index contributed by atoms with van der Waals surface area (Å²) >= 11 is 0. The highest BCUT2D eigenvalue weighted by Gasteiger charge is 2.31. The molecule has 0 bridgehead atoms. The van der Waals surface area contributed by atoms with E-state index in [1.54, 1.807) is 0 Å². The Labute approximate surface area is 116 Å². The monoisotopic (exact) mass is 269 g/mol. The molecule has 2 saturated heterocycles. The molecule has 2 rings (SSSR count). The van der Waals surface area contributed by atoms with Crippen molar-refractivity contribution < 1.29 is 9.53 Å². The lowest BCUT2D eigenvalue weighted by atomic mass is 10.1. The lowest BCUT2D eigenvalue weighted by molar-refractivity contribution is 0.00345. The zero-order valence-electron chi connectivity index (χ0n) is 12.6. The fourth-order valence-electron chi connectivity index (χ4n) is 2.55. The molecule has 5 heteroatoms. The third-order valence-electron chi connectivity index (χ3n) is 3.80. The van der Waals surface area contributed by atoms with Crippen LogP contribution in [-0.2, 0) is 4.74 Å². The standard InChI is InChI=1S/C14H27N3O2/c1-11-9-17(13(18)19-14(2,3)4)8-7-16(11)10-12-5-6-15-12/h11-12,15H,5-10H2,1-4H3. The third kappa shape index (κ3) is 4.08. The van der Waals surface area contributed by atoms with Gasteiger partial charge in [-0.1, -0.05) is 0 Å². The summed E-state index contributed by atoms with van der Waals surface area (Å²) in [5, 5.41) is 3.43. The quantitative estimate of drug-likeness (QED) is 0.820. The Bertz CT molecular complexity index is 323. The first kappa shape index (κ1) is 14.6. The Balaban J connectivity index is 1.80. The van der Waals surface area contributed by atoms with Crippen LogP contribution in [0, 0.1) is 0 Å². The van der Waals surface area contributed by atoms with Gasteiger partial charge in [0.15, 0.2) is 0 Å². The third-order valence-corrected chi connectivity index (χ3v) is 3.80. The number of rotatable bonds is 2. The van der Waals surface area contributed by atoms with E-state index in [4.69, 9.17) is 4.74 Å². The molecule has 2 unspecified atom stereocenters. The summed E-state index contributed by atoms with van der Waals surface area (Å²) < 4.78 is 5.43. The molecule has 2 aliphatic heterocycles. The van der Waals surface area contributed by atoms with Gasteiger partial charge in [0.25, 0.3) is 0 Å². The minimum Gasteiger partial charge on any atom is -0.444 e. The van der Waals surface area contributed by atoms with Crippen molar-refractivity contribution in [3.8, 4) is 0 Å². The maximum Gasteiger partial charge on any atom is 0.410 e. The first-order valence-electron chi connectivity index (χ1n) is 7.30. The Morgan fingerprint density at radius 1 is 1.37 bits per heavy atom. The number of carbonyl (C=O) groups is 1. The van der Waals surface area contributed by atoms with E-state index >= 15 is 0 Å². The Hall–Kier alpha value is -0.810. The maximum atomic E-state index is 12.0. The maximum absolute atomic E-state index is 12.0. The van der Waals surface area contributed by atoms with Crippen LogP contribution in [-0.4, -0.2) is 66.3 Å². The summed E-state index contributed by atoms with van der Waals surface area (Å²) in [5.41, 5.74) is -0.409. The molecule has 2 atom stereocenters. The van der Waals surface area contributed by atoms with Gasteiger partial charge in [-0.2, -0.15) is 0 Å². The van der Waals surface area contributed by atoms with Gasteiger partial charge in [0.2, 0.25) is 0 Å². The molecule has 5 nitrogen and oxygen atoms in total. The van der Waals surface area contributed by atoms with Crippen LogP contribution < -0.4 is 5.32 Å². The second-order valence-electron chi connectivity index (χ2n) is 6.71. The first-order valence-corrected chi connectivity index (χ1v) is 7.30. The minimum absolute atomic E-state index is 0.180. The van der Waals surface area contributed by atoms with Gasteiger partial charge in [0.1, 0.15) is 5.60 Å². The molecular weight excluding hydrogens is 242 g/mol. The predicted octanol–water partition coefficient (Wildman–Crippen LogP) is 1.29. The van der Waals surface area contributed by atoms with Crippen molar-refractivity contribution in [1.29, 1.82) is 0 Å². The Morgan fingerprint density at radius 2 is 2.05 bits per heavy atom. The van der Waals surface area contributed by atoms with Crippen molar-refractivity contribution in [2.24, 2.45) is 0 Å². The highest BCUT2D eigenvalue weighted by atomic mass is 16.6. The number of nitrogens with one attached hydrogen (secondary N) is 1. The fraction of sp³-hybridized carbons (Fsp3) is 0.929. The molecule has 2 aliphatic rings. The van der Waals surface area contributed by atoms with Crippen LogP contribution >= 0.6 is 0 Å². The van der Waals surface area contributed by atoms with Crippen LogP contribution in [0.2, 0.25) is 0 Å². The van der Waals surface area contributed by atoms with E-state index in [-0.39, 0.29) is 6.09 Å². The van der Waals surface area contributed by atoms with Crippen molar-refractivity contribution in [1.82, 2.24) is 15.1 Å². The largest absolute Gasteiger partial charge is 0.444 e. The van der Waals surface area contributed by atoms with Crippen molar-refractivity contribution >= 4 is 6.09 Å². The highest BCUT2D eigenvalue weighted by molar-refractivity contribution is 5.68. The summed E-state index contributed by atoms with van der Waals surface area (Å²) in [7, 11) is 0. The van der Waals surface area contributed by atoms with E-state index < -0.39 is 5.60 Å². The Morgan fingerprint density at radius 3 is 2.53 bits per heavy atom. The van der Waals surface area contributed by atoms with Gasteiger partial charge in [-0.05, 0) is 40.7 Å². The molecule has 0 aromatic rings. The SMILES string of the molecule is CC1CN(C(=O)OC(C)(C)C)CCN1CC1CCN1. The van der Waals surface area contributed by atoms with Gasteiger partial charge in [0.05, 0.1) is 0 Å². The van der Waals surface area contributed by atoms with Gasteiger partial charge in [-0.25, -0.2) is 4.79 Å². The smallest absolute Gasteiger partial charge is 0.410 e. The van der Waals surface area contributed by atoms with Crippen LogP contribution in [0.1, 0.15) is 34.1 Å². The molecule has 0 spiro atoms. The molecule has 1 amide bonds. The van der Waals surface area contributed by atoms with Crippen LogP contribution in [0.5, 0.6) is 0 Å². The summed E-state index contributed by atoms with van der Waals surface area (Å²) in [6.45, 7) is 12.6. The average molecular weight is 269 g/mol. The minimum atomic E-state index is -0.409. The van der Waals surface area contributed by atoms with E-state index in [9.17, 15) is 4.79 Å². The lowest BCUT2D eigenvalue weighted by Crippen LogP contribution is -2.59. The molecule has 1 N–H and O–H groups in total. The van der Waals surface area contributed by atoms with E-state index in [1.165, 1.54) is 6.42 Å². The second-order valence-corrected chi connectivity index (χ2v) is 6.71. The molecule has 0 radical (unpaired) electrons. The van der Waals surface area contributed by atoms with Gasteiger partial charge in [-0.3, -0.25) is 4.90 Å². The Kier molecular flexibility index (Phi) is 4.36. The molecular formula is C14H27N3O2. The molecule has 0 saturated carbocycles. The van der Waals surface area contributed by atoms with Gasteiger partial charge in [-0.15, -0.1) is 0 Å². The molecule has 0 aromatic heterocycles.